The summed E-state index contributed by atoms with van der Waals surface area (Å²) in [6.45, 7) is 0. The quantitative estimate of drug-likeness (QED) is 0.388. The van der Waals surface area contributed by atoms with Crippen LogP contribution < -0.4 is 5.73 Å². The molecule has 6 nitrogen and oxygen atoms in total. The van der Waals surface area contributed by atoms with Crippen molar-refractivity contribution in [3.63, 3.8) is 0 Å². The zero-order valence-corrected chi connectivity index (χ0v) is 10.9. The predicted molar refractivity (Wildman–Crippen MR) is 73.1 cm³/mol. The Morgan fingerprint density at radius 3 is 2.23 bits per heavy atom. The summed E-state index contributed by atoms with van der Waals surface area (Å²) in [5, 5.41) is 18.1. The largest absolute Gasteiger partial charge is 0.425 e. The molecule has 0 spiro atoms. The molecule has 0 aliphatic carbocycles. The van der Waals surface area contributed by atoms with Crippen LogP contribution in [0.1, 0.15) is 5.56 Å². The molecular weight excluding hydrogens is 301 g/mol. The van der Waals surface area contributed by atoms with Crippen LogP contribution in [0.3, 0.4) is 0 Å². The van der Waals surface area contributed by atoms with Crippen molar-refractivity contribution in [2.45, 2.75) is 6.18 Å². The number of nitro groups is 1. The van der Waals surface area contributed by atoms with E-state index in [0.29, 0.717) is 11.8 Å². The lowest BCUT2D eigenvalue weighted by Gasteiger charge is -2.11. The SMILES string of the molecule is Nc1c(N=Nc2ccccc2)ccc([N+](=O)[O-])c1C(F)(F)F. The van der Waals surface area contributed by atoms with E-state index in [2.05, 4.69) is 10.2 Å². The normalized spacial score (nSPS) is 11.8. The average molecular weight is 310 g/mol. The molecule has 0 saturated heterocycles. The van der Waals surface area contributed by atoms with Gasteiger partial charge >= 0.3 is 6.18 Å². The average Bonchev–Trinajstić information content (AvgIpc) is 2.45. The lowest BCUT2D eigenvalue weighted by atomic mass is 10.1. The molecule has 2 rings (SSSR count). The number of hydrogen-bond donors (Lipinski definition) is 1. The molecule has 0 fully saturated rings. The molecule has 9 heteroatoms. The van der Waals surface area contributed by atoms with E-state index in [9.17, 15) is 23.3 Å². The third-order valence-electron chi connectivity index (χ3n) is 2.71. The minimum Gasteiger partial charge on any atom is -0.396 e. The molecule has 0 aliphatic rings. The Balaban J connectivity index is 2.51. The van der Waals surface area contributed by atoms with E-state index in [1.54, 1.807) is 30.3 Å². The number of azo groups is 1. The number of nitrogens with zero attached hydrogens (tertiary/aromatic N) is 3. The van der Waals surface area contributed by atoms with Crippen LogP contribution in [0.15, 0.2) is 52.7 Å². The third-order valence-corrected chi connectivity index (χ3v) is 2.71. The molecule has 0 unspecified atom stereocenters. The second-order valence-corrected chi connectivity index (χ2v) is 4.18. The van der Waals surface area contributed by atoms with Gasteiger partial charge in [0.1, 0.15) is 5.69 Å². The van der Waals surface area contributed by atoms with Crippen LogP contribution in [0.4, 0.5) is 35.9 Å². The fourth-order valence-electron chi connectivity index (χ4n) is 1.74. The molecule has 22 heavy (non-hydrogen) atoms. The fourth-order valence-corrected chi connectivity index (χ4v) is 1.74. The van der Waals surface area contributed by atoms with Crippen molar-refractivity contribution < 1.29 is 18.1 Å². The van der Waals surface area contributed by atoms with Gasteiger partial charge in [0.25, 0.3) is 5.69 Å². The molecule has 2 N–H and O–H groups in total. The molecule has 0 aliphatic heterocycles. The van der Waals surface area contributed by atoms with Crippen molar-refractivity contribution in [3.8, 4) is 0 Å². The summed E-state index contributed by atoms with van der Waals surface area (Å²) in [6.07, 6.45) is -4.97. The molecule has 114 valence electrons. The van der Waals surface area contributed by atoms with Gasteiger partial charge in [-0.2, -0.15) is 18.3 Å². The number of rotatable bonds is 3. The molecule has 0 bridgehead atoms. The Bertz CT molecular complexity index is 730. The summed E-state index contributed by atoms with van der Waals surface area (Å²) in [5.74, 6) is 0. The van der Waals surface area contributed by atoms with Crippen LogP contribution in [0.25, 0.3) is 0 Å². The van der Waals surface area contributed by atoms with Gasteiger partial charge in [0.2, 0.25) is 0 Å². The minimum absolute atomic E-state index is 0.290. The zero-order chi connectivity index (χ0) is 16.3. The van der Waals surface area contributed by atoms with Gasteiger partial charge < -0.3 is 5.73 Å². The number of hydrogen-bond acceptors (Lipinski definition) is 5. The monoisotopic (exact) mass is 310 g/mol. The smallest absolute Gasteiger partial charge is 0.396 e. The first-order valence-corrected chi connectivity index (χ1v) is 5.91. The van der Waals surface area contributed by atoms with E-state index in [0.717, 1.165) is 6.07 Å². The van der Waals surface area contributed by atoms with Gasteiger partial charge in [0.05, 0.1) is 16.3 Å². The fraction of sp³-hybridized carbons (Fsp3) is 0.0769. The summed E-state index contributed by atoms with van der Waals surface area (Å²) in [4.78, 5) is 9.57. The van der Waals surface area contributed by atoms with Gasteiger partial charge in [-0.25, -0.2) is 0 Å². The number of nitrogen functional groups attached to an aromatic ring is 1. The predicted octanol–water partition coefficient (Wildman–Crippen LogP) is 4.61. The molecule has 0 saturated carbocycles. The van der Waals surface area contributed by atoms with Crippen molar-refractivity contribution in [2.75, 3.05) is 5.73 Å². The lowest BCUT2D eigenvalue weighted by molar-refractivity contribution is -0.387. The van der Waals surface area contributed by atoms with Crippen molar-refractivity contribution in [1.82, 2.24) is 0 Å². The number of alkyl halides is 3. The Morgan fingerprint density at radius 2 is 1.68 bits per heavy atom. The highest BCUT2D eigenvalue weighted by atomic mass is 19.4. The molecule has 0 atom stereocenters. The van der Waals surface area contributed by atoms with E-state index in [1.807, 2.05) is 0 Å². The first-order chi connectivity index (χ1) is 10.3. The van der Waals surface area contributed by atoms with Gasteiger partial charge in [-0.05, 0) is 18.2 Å². The summed E-state index contributed by atoms with van der Waals surface area (Å²) < 4.78 is 38.9. The van der Waals surface area contributed by atoms with Crippen molar-refractivity contribution in [3.05, 3.63) is 58.1 Å². The van der Waals surface area contributed by atoms with Crippen LogP contribution in [0.5, 0.6) is 0 Å². The molecule has 0 amide bonds. The first kappa shape index (κ1) is 15.4. The number of anilines is 1. The molecule has 0 radical (unpaired) electrons. The van der Waals surface area contributed by atoms with Crippen molar-refractivity contribution >= 4 is 22.7 Å². The summed E-state index contributed by atoms with van der Waals surface area (Å²) in [6, 6.07) is 10.0. The second kappa shape index (κ2) is 5.80. The highest BCUT2D eigenvalue weighted by Crippen LogP contribution is 2.44. The molecule has 2 aromatic carbocycles. The third kappa shape index (κ3) is 3.19. The number of nitrogens with two attached hydrogens (primary N) is 1. The van der Waals surface area contributed by atoms with Crippen LogP contribution in [0, 0.1) is 10.1 Å². The van der Waals surface area contributed by atoms with Gasteiger partial charge in [0, 0.05) is 6.07 Å². The standard InChI is InChI=1S/C13H9F3N4O2/c14-13(15,16)11-10(20(21)22)7-6-9(12(11)17)19-18-8-4-2-1-3-5-8/h1-7H,17H2. The Morgan fingerprint density at radius 1 is 1.05 bits per heavy atom. The molecule has 0 heterocycles. The van der Waals surface area contributed by atoms with E-state index in [-0.39, 0.29) is 5.69 Å². The maximum absolute atomic E-state index is 13.0. The Hall–Kier alpha value is -2.97. The summed E-state index contributed by atoms with van der Waals surface area (Å²) >= 11 is 0. The van der Waals surface area contributed by atoms with Crippen molar-refractivity contribution in [2.24, 2.45) is 10.2 Å². The van der Waals surface area contributed by atoms with Gasteiger partial charge in [-0.1, -0.05) is 18.2 Å². The van der Waals surface area contributed by atoms with Crippen LogP contribution in [0.2, 0.25) is 0 Å². The van der Waals surface area contributed by atoms with Gasteiger partial charge in [-0.15, -0.1) is 5.11 Å². The molecule has 0 aromatic heterocycles. The highest BCUT2D eigenvalue weighted by Gasteiger charge is 2.41. The first-order valence-electron chi connectivity index (χ1n) is 5.91. The zero-order valence-electron chi connectivity index (χ0n) is 10.9. The number of halogens is 3. The Labute approximate surface area is 122 Å². The van der Waals surface area contributed by atoms with Crippen molar-refractivity contribution in [1.29, 1.82) is 0 Å². The minimum atomic E-state index is -4.97. The van der Waals surface area contributed by atoms with Crippen LogP contribution in [-0.4, -0.2) is 4.92 Å². The maximum Gasteiger partial charge on any atom is 0.425 e. The molecule has 2 aromatic rings. The topological polar surface area (TPSA) is 93.9 Å². The van der Waals surface area contributed by atoms with E-state index in [1.165, 1.54) is 0 Å². The van der Waals surface area contributed by atoms with Gasteiger partial charge in [-0.3, -0.25) is 10.1 Å². The number of nitro benzene ring substituents is 1. The van der Waals surface area contributed by atoms with Crippen LogP contribution >= 0.6 is 0 Å². The lowest BCUT2D eigenvalue weighted by Crippen LogP contribution is -2.12. The van der Waals surface area contributed by atoms with Crippen LogP contribution in [-0.2, 0) is 6.18 Å². The van der Waals surface area contributed by atoms with E-state index in [4.69, 9.17) is 5.73 Å². The van der Waals surface area contributed by atoms with E-state index < -0.39 is 28.0 Å². The number of benzene rings is 2. The maximum atomic E-state index is 13.0. The van der Waals surface area contributed by atoms with E-state index >= 15 is 0 Å². The summed E-state index contributed by atoms with van der Waals surface area (Å²) in [7, 11) is 0. The second-order valence-electron chi connectivity index (χ2n) is 4.18. The molecular formula is C13H9F3N4O2. The summed E-state index contributed by atoms with van der Waals surface area (Å²) in [5.41, 5.74) is 2.04. The van der Waals surface area contributed by atoms with Gasteiger partial charge in [0.15, 0.2) is 5.56 Å². The highest BCUT2D eigenvalue weighted by molar-refractivity contribution is 5.73. The Kier molecular flexibility index (Phi) is 4.06.